The minimum absolute atomic E-state index is 0.0152. The Morgan fingerprint density at radius 1 is 0.714 bits per heavy atom. The van der Waals surface area contributed by atoms with Crippen LogP contribution < -0.4 is 4.74 Å². The fourth-order valence-corrected chi connectivity index (χ4v) is 6.30. The van der Waals surface area contributed by atoms with Crippen molar-refractivity contribution in [2.24, 2.45) is 0 Å². The second-order valence-corrected chi connectivity index (χ2v) is 10.9. The van der Waals surface area contributed by atoms with E-state index in [4.69, 9.17) is 31.2 Å². The van der Waals surface area contributed by atoms with Gasteiger partial charge in [-0.25, -0.2) is 9.67 Å². The minimum Gasteiger partial charge on any atom is -0.474 e. The molecule has 0 bridgehead atoms. The molecule has 42 heavy (non-hydrogen) atoms. The predicted molar refractivity (Wildman–Crippen MR) is 167 cm³/mol. The largest absolute Gasteiger partial charge is 0.474 e. The number of rotatable bonds is 7. The summed E-state index contributed by atoms with van der Waals surface area (Å²) in [5, 5.41) is 6.92. The second kappa shape index (κ2) is 11.4. The third-order valence-electron chi connectivity index (χ3n) is 8.03. The van der Waals surface area contributed by atoms with Crippen LogP contribution in [-0.4, -0.2) is 34.1 Å². The van der Waals surface area contributed by atoms with Gasteiger partial charge in [-0.3, -0.25) is 0 Å². The molecule has 0 aliphatic carbocycles. The molecule has 1 aliphatic heterocycles. The van der Waals surface area contributed by atoms with Crippen LogP contribution in [0.4, 0.5) is 0 Å². The van der Waals surface area contributed by atoms with Crippen molar-refractivity contribution in [2.75, 3.05) is 13.2 Å². The van der Waals surface area contributed by atoms with E-state index in [0.29, 0.717) is 24.1 Å². The summed E-state index contributed by atoms with van der Waals surface area (Å²) in [6, 6.07) is 41.5. The van der Waals surface area contributed by atoms with Crippen LogP contribution >= 0.6 is 11.6 Å². The van der Waals surface area contributed by atoms with Gasteiger partial charge in [0.15, 0.2) is 0 Å². The third kappa shape index (κ3) is 4.55. The highest BCUT2D eigenvalue weighted by Crippen LogP contribution is 2.46. The molecule has 208 valence electrons. The second-order valence-electron chi connectivity index (χ2n) is 10.5. The molecule has 1 aliphatic rings. The van der Waals surface area contributed by atoms with Crippen molar-refractivity contribution in [3.05, 3.63) is 149 Å². The number of ether oxygens (including phenoxy) is 2. The monoisotopic (exact) mass is 571 g/mol. The molecule has 0 spiro atoms. The van der Waals surface area contributed by atoms with Gasteiger partial charge in [0.1, 0.15) is 17.3 Å². The fraction of sp³-hybridized carbons (Fsp3) is 0.167. The Bertz CT molecular complexity index is 1700. The van der Waals surface area contributed by atoms with Crippen molar-refractivity contribution in [1.82, 2.24) is 14.8 Å². The molecule has 4 aromatic carbocycles. The lowest BCUT2D eigenvalue weighted by molar-refractivity contribution is 0.0244. The van der Waals surface area contributed by atoms with Crippen molar-refractivity contribution < 1.29 is 9.47 Å². The molecule has 3 heterocycles. The highest BCUT2D eigenvalue weighted by atomic mass is 35.5. The molecule has 7 rings (SSSR count). The molecule has 1 fully saturated rings. The van der Waals surface area contributed by atoms with E-state index in [1.165, 1.54) is 0 Å². The van der Waals surface area contributed by atoms with Gasteiger partial charge in [-0.15, -0.1) is 0 Å². The van der Waals surface area contributed by atoms with Gasteiger partial charge in [0.05, 0.1) is 29.1 Å². The Morgan fingerprint density at radius 3 is 1.83 bits per heavy atom. The summed E-state index contributed by atoms with van der Waals surface area (Å²) >= 11 is 6.85. The molecule has 0 amide bonds. The first-order valence-corrected chi connectivity index (χ1v) is 14.7. The van der Waals surface area contributed by atoms with E-state index in [0.717, 1.165) is 51.7 Å². The van der Waals surface area contributed by atoms with Crippen LogP contribution in [0.15, 0.2) is 128 Å². The van der Waals surface area contributed by atoms with Gasteiger partial charge >= 0.3 is 0 Å². The number of halogens is 1. The highest BCUT2D eigenvalue weighted by molar-refractivity contribution is 6.33. The molecule has 6 aromatic rings. The van der Waals surface area contributed by atoms with E-state index in [1.54, 1.807) is 0 Å². The van der Waals surface area contributed by atoms with Crippen LogP contribution in [0, 0.1) is 0 Å². The lowest BCUT2D eigenvalue weighted by Gasteiger charge is -2.37. The van der Waals surface area contributed by atoms with Crippen molar-refractivity contribution >= 4 is 22.5 Å². The Morgan fingerprint density at radius 2 is 1.26 bits per heavy atom. The molecule has 0 unspecified atom stereocenters. The third-order valence-corrected chi connectivity index (χ3v) is 8.36. The summed E-state index contributed by atoms with van der Waals surface area (Å²) in [5.41, 5.74) is 4.91. The highest BCUT2D eigenvalue weighted by Gasteiger charge is 2.41. The van der Waals surface area contributed by atoms with Crippen LogP contribution in [-0.2, 0) is 10.3 Å². The number of fused-ring (bicyclic) bond motifs is 1. The van der Waals surface area contributed by atoms with Gasteiger partial charge in [-0.1, -0.05) is 121 Å². The fourth-order valence-electron chi connectivity index (χ4n) is 6.08. The maximum Gasteiger partial charge on any atom is 0.225 e. The van der Waals surface area contributed by atoms with Gasteiger partial charge in [0.25, 0.3) is 0 Å². The first-order valence-electron chi connectivity index (χ1n) is 14.3. The molecule has 6 heteroatoms. The van der Waals surface area contributed by atoms with Gasteiger partial charge in [0, 0.05) is 24.6 Å². The summed E-state index contributed by atoms with van der Waals surface area (Å²) in [6.45, 7) is 1.35. The van der Waals surface area contributed by atoms with Crippen LogP contribution in [0.2, 0.25) is 5.02 Å². The SMILES string of the molecule is Clc1ccccc1-c1nn(C(c2ccccc2)(c2ccccc2)c2ccccc2)c2ccnc(OC3CCOCC3)c12. The summed E-state index contributed by atoms with van der Waals surface area (Å²) in [4.78, 5) is 4.77. The summed E-state index contributed by atoms with van der Waals surface area (Å²) < 4.78 is 14.4. The summed E-state index contributed by atoms with van der Waals surface area (Å²) in [5.74, 6) is 0.559. The zero-order chi connectivity index (χ0) is 28.4. The maximum absolute atomic E-state index is 6.85. The average Bonchev–Trinajstić information content (AvgIpc) is 3.44. The molecule has 0 radical (unpaired) electrons. The first kappa shape index (κ1) is 26.4. The molecular formula is C36H30ClN3O2. The van der Waals surface area contributed by atoms with Gasteiger partial charge < -0.3 is 9.47 Å². The Balaban J connectivity index is 1.60. The number of benzene rings is 4. The predicted octanol–water partition coefficient (Wildman–Crippen LogP) is 8.15. The zero-order valence-corrected chi connectivity index (χ0v) is 23.8. The van der Waals surface area contributed by atoms with E-state index in [1.807, 2.05) is 54.7 Å². The number of nitrogens with zero attached hydrogens (tertiary/aromatic N) is 3. The lowest BCUT2D eigenvalue weighted by atomic mass is 9.77. The van der Waals surface area contributed by atoms with Gasteiger partial charge in [0.2, 0.25) is 5.88 Å². The normalized spacial score (nSPS) is 14.2. The average molecular weight is 572 g/mol. The van der Waals surface area contributed by atoms with Crippen molar-refractivity contribution in [1.29, 1.82) is 0 Å². The standard InChI is InChI=1S/C36H30ClN3O2/c37-31-19-11-10-18-30(31)34-33-32(20-23-38-35(33)42-29-21-24-41-25-22-29)40(39-34)36(26-12-4-1-5-13-26,27-14-6-2-7-15-27)28-16-8-3-9-17-28/h1-20,23,29H,21-22,24-25H2. The molecule has 0 atom stereocenters. The minimum atomic E-state index is -0.807. The molecule has 1 saturated heterocycles. The molecule has 0 saturated carbocycles. The van der Waals surface area contributed by atoms with E-state index >= 15 is 0 Å². The van der Waals surface area contributed by atoms with Gasteiger partial charge in [-0.05, 0) is 28.8 Å². The Hall–Kier alpha value is -4.45. The van der Waals surface area contributed by atoms with Crippen molar-refractivity contribution in [3.8, 4) is 17.1 Å². The van der Waals surface area contributed by atoms with Crippen LogP contribution in [0.5, 0.6) is 5.88 Å². The molecular weight excluding hydrogens is 542 g/mol. The van der Waals surface area contributed by atoms with Crippen LogP contribution in [0.25, 0.3) is 22.2 Å². The first-order chi connectivity index (χ1) is 20.8. The van der Waals surface area contributed by atoms with Gasteiger partial charge in [-0.2, -0.15) is 5.10 Å². The van der Waals surface area contributed by atoms with E-state index in [2.05, 4.69) is 77.5 Å². The van der Waals surface area contributed by atoms with E-state index in [-0.39, 0.29) is 6.10 Å². The number of pyridine rings is 1. The van der Waals surface area contributed by atoms with E-state index < -0.39 is 5.54 Å². The zero-order valence-electron chi connectivity index (χ0n) is 23.1. The molecule has 0 N–H and O–H groups in total. The smallest absolute Gasteiger partial charge is 0.225 e. The van der Waals surface area contributed by atoms with Crippen molar-refractivity contribution in [2.45, 2.75) is 24.5 Å². The maximum atomic E-state index is 6.85. The van der Waals surface area contributed by atoms with Crippen LogP contribution in [0.3, 0.4) is 0 Å². The van der Waals surface area contributed by atoms with Crippen molar-refractivity contribution in [3.63, 3.8) is 0 Å². The number of hydrogen-bond acceptors (Lipinski definition) is 4. The molecule has 5 nitrogen and oxygen atoms in total. The number of aromatic nitrogens is 3. The quantitative estimate of drug-likeness (QED) is 0.181. The van der Waals surface area contributed by atoms with Crippen LogP contribution in [0.1, 0.15) is 29.5 Å². The Kier molecular flexibility index (Phi) is 7.20. The summed E-state index contributed by atoms with van der Waals surface area (Å²) in [6.07, 6.45) is 3.46. The molecule has 2 aromatic heterocycles. The Labute approximate surface area is 250 Å². The lowest BCUT2D eigenvalue weighted by Crippen LogP contribution is -2.38. The number of hydrogen-bond donors (Lipinski definition) is 0. The summed E-state index contributed by atoms with van der Waals surface area (Å²) in [7, 11) is 0. The topological polar surface area (TPSA) is 49.2 Å². The van der Waals surface area contributed by atoms with E-state index in [9.17, 15) is 0 Å².